The Kier molecular flexibility index (Phi) is 6.37. The molecule has 10 heavy (non-hydrogen) atoms. The van der Waals surface area contributed by atoms with Crippen LogP contribution in [-0.2, 0) is 0 Å². The van der Waals surface area contributed by atoms with Crippen LogP contribution in [-0.4, -0.2) is 36.1 Å². The van der Waals surface area contributed by atoms with Crippen LogP contribution in [0.1, 0.15) is 13.8 Å². The minimum absolute atomic E-state index is 0.325. The average Bonchev–Trinajstić information content (AvgIpc) is 1.91. The van der Waals surface area contributed by atoms with Gasteiger partial charge in [-0.1, -0.05) is 32.6 Å². The fourth-order valence-electron chi connectivity index (χ4n) is 1.45. The minimum Gasteiger partial charge on any atom is -0.327 e. The lowest BCUT2D eigenvalue weighted by atomic mass is 10.7. The van der Waals surface area contributed by atoms with Crippen molar-refractivity contribution in [2.24, 2.45) is 0 Å². The highest BCUT2D eigenvalue weighted by atomic mass is 28.3. The summed E-state index contributed by atoms with van der Waals surface area (Å²) in [6, 6.07) is 0. The van der Waals surface area contributed by atoms with Gasteiger partial charge in [-0.2, -0.15) is 0 Å². The van der Waals surface area contributed by atoms with Crippen LogP contribution in [0.15, 0.2) is 0 Å². The summed E-state index contributed by atoms with van der Waals surface area (Å²) in [5.41, 5.74) is 1.61. The molecule has 0 aromatic heterocycles. The van der Waals surface area contributed by atoms with Crippen molar-refractivity contribution in [3.63, 3.8) is 0 Å². The number of hydrogen-bond acceptors (Lipinski definition) is 1. The van der Waals surface area contributed by atoms with E-state index in [1.807, 2.05) is 0 Å². The topological polar surface area (TPSA) is 3.24 Å². The van der Waals surface area contributed by atoms with Gasteiger partial charge in [-0.3, -0.25) is 0 Å². The first kappa shape index (κ1) is 10.4. The van der Waals surface area contributed by atoms with Gasteiger partial charge in [0.05, 0.1) is 0 Å². The zero-order valence-electron chi connectivity index (χ0n) is 7.85. The maximum Gasteiger partial charge on any atom is 0.105 e. The van der Waals surface area contributed by atoms with Gasteiger partial charge in [0.15, 0.2) is 0 Å². The van der Waals surface area contributed by atoms with Crippen LogP contribution in [0.2, 0.25) is 18.8 Å². The molecule has 1 atom stereocenters. The van der Waals surface area contributed by atoms with E-state index in [2.05, 4.69) is 31.5 Å². The summed E-state index contributed by atoms with van der Waals surface area (Å²) in [5.74, 6) is 0. The lowest BCUT2D eigenvalue weighted by Crippen LogP contribution is -2.37. The highest BCUT2D eigenvalue weighted by Crippen LogP contribution is 1.98. The second-order valence-corrected chi connectivity index (χ2v) is 8.60. The molecular formula is C7H21NSi2. The van der Waals surface area contributed by atoms with E-state index >= 15 is 0 Å². The number of nitrogens with zero attached hydrogens (tertiary/aromatic N) is 1. The quantitative estimate of drug-likeness (QED) is 0.560. The molecule has 0 aliphatic rings. The third kappa shape index (κ3) is 3.53. The molecule has 0 aliphatic carbocycles. The lowest BCUT2D eigenvalue weighted by Gasteiger charge is -2.24. The van der Waals surface area contributed by atoms with E-state index < -0.39 is 8.96 Å². The van der Waals surface area contributed by atoms with Gasteiger partial charge in [0.2, 0.25) is 0 Å². The van der Waals surface area contributed by atoms with Gasteiger partial charge in [0.1, 0.15) is 8.96 Å². The van der Waals surface area contributed by atoms with E-state index in [9.17, 15) is 0 Å². The first-order valence-electron chi connectivity index (χ1n) is 4.50. The van der Waals surface area contributed by atoms with E-state index in [1.165, 1.54) is 13.1 Å². The van der Waals surface area contributed by atoms with Gasteiger partial charge in [0.25, 0.3) is 0 Å². The van der Waals surface area contributed by atoms with Crippen molar-refractivity contribution in [3.8, 4) is 0 Å². The minimum atomic E-state index is -0.422. The molecule has 0 rings (SSSR count). The maximum atomic E-state index is 2.68. The summed E-state index contributed by atoms with van der Waals surface area (Å²) in [6.07, 6.45) is 0. The third-order valence-corrected chi connectivity index (χ3v) is 9.77. The van der Waals surface area contributed by atoms with Crippen LogP contribution in [0.5, 0.6) is 0 Å². The molecule has 62 valence electrons. The van der Waals surface area contributed by atoms with Gasteiger partial charge in [-0.25, -0.2) is 0 Å². The summed E-state index contributed by atoms with van der Waals surface area (Å²) in [5, 5.41) is 0. The van der Waals surface area contributed by atoms with Crippen molar-refractivity contribution < 1.29 is 0 Å². The largest absolute Gasteiger partial charge is 0.327 e. The highest BCUT2D eigenvalue weighted by molar-refractivity contribution is 6.66. The fourth-order valence-corrected chi connectivity index (χ4v) is 7.50. The predicted octanol–water partition coefficient (Wildman–Crippen LogP) is 0.856. The van der Waals surface area contributed by atoms with E-state index in [4.69, 9.17) is 0 Å². The molecule has 0 fully saturated rings. The van der Waals surface area contributed by atoms with Gasteiger partial charge in [-0.15, -0.1) is 0 Å². The molecular weight excluding hydrogens is 154 g/mol. The van der Waals surface area contributed by atoms with Crippen LogP contribution in [0, 0.1) is 0 Å². The summed E-state index contributed by atoms with van der Waals surface area (Å²) >= 11 is 0. The molecule has 0 aromatic rings. The Labute approximate surface area is 69.3 Å². The molecule has 0 saturated carbocycles. The summed E-state index contributed by atoms with van der Waals surface area (Å²) in [6.45, 7) is 12.0. The molecule has 1 unspecified atom stereocenters. The SMILES string of the molecule is CCN(CC)[SiH](C)C[SiH2]C. The summed E-state index contributed by atoms with van der Waals surface area (Å²) in [7, 11) is -0.0969. The monoisotopic (exact) mass is 175 g/mol. The van der Waals surface area contributed by atoms with Crippen molar-refractivity contribution in [1.82, 2.24) is 4.57 Å². The maximum absolute atomic E-state index is 2.68. The van der Waals surface area contributed by atoms with Crippen molar-refractivity contribution in [3.05, 3.63) is 0 Å². The Morgan fingerprint density at radius 1 is 1.30 bits per heavy atom. The standard InChI is InChI=1S/C7H21NSi2/c1-5-8(6-2)10(4)7-9-3/h10H,5-7,9H2,1-4H3. The molecule has 1 nitrogen and oxygen atoms in total. The molecule has 0 bridgehead atoms. The molecule has 3 heteroatoms. The molecule has 0 radical (unpaired) electrons. The first-order valence-corrected chi connectivity index (χ1v) is 9.40. The van der Waals surface area contributed by atoms with Crippen LogP contribution in [0.3, 0.4) is 0 Å². The smallest absolute Gasteiger partial charge is 0.105 e. The molecule has 0 N–H and O–H groups in total. The van der Waals surface area contributed by atoms with Crippen LogP contribution in [0.4, 0.5) is 0 Å². The van der Waals surface area contributed by atoms with Crippen molar-refractivity contribution >= 4 is 18.5 Å². The Morgan fingerprint density at radius 3 is 2.10 bits per heavy atom. The van der Waals surface area contributed by atoms with Crippen LogP contribution in [0.25, 0.3) is 0 Å². The van der Waals surface area contributed by atoms with E-state index in [0.717, 1.165) is 0 Å². The molecule has 0 aliphatic heterocycles. The zero-order valence-corrected chi connectivity index (χ0v) is 10.4. The van der Waals surface area contributed by atoms with Crippen molar-refractivity contribution in [1.29, 1.82) is 0 Å². The van der Waals surface area contributed by atoms with Crippen LogP contribution < -0.4 is 0 Å². The van der Waals surface area contributed by atoms with Crippen molar-refractivity contribution in [2.75, 3.05) is 13.1 Å². The highest BCUT2D eigenvalue weighted by Gasteiger charge is 2.09. The third-order valence-electron chi connectivity index (χ3n) is 2.14. The van der Waals surface area contributed by atoms with E-state index in [0.29, 0.717) is 9.52 Å². The molecule has 0 aromatic carbocycles. The average molecular weight is 175 g/mol. The Hall–Kier alpha value is 0.394. The van der Waals surface area contributed by atoms with Crippen LogP contribution >= 0.6 is 0 Å². The Morgan fingerprint density at radius 2 is 1.80 bits per heavy atom. The number of hydrogen-bond donors (Lipinski definition) is 0. The Bertz CT molecular complexity index is 74.0. The molecule has 0 spiro atoms. The van der Waals surface area contributed by atoms with E-state index in [1.54, 1.807) is 5.67 Å². The normalized spacial score (nSPS) is 15.3. The summed E-state index contributed by atoms with van der Waals surface area (Å²) in [4.78, 5) is 0. The van der Waals surface area contributed by atoms with Gasteiger partial charge < -0.3 is 4.57 Å². The fraction of sp³-hybridized carbons (Fsp3) is 1.00. The first-order chi connectivity index (χ1) is 4.76. The van der Waals surface area contributed by atoms with Gasteiger partial charge in [0, 0.05) is 9.52 Å². The molecule has 0 saturated heterocycles. The Balaban J connectivity index is 3.53. The summed E-state index contributed by atoms with van der Waals surface area (Å²) < 4.78 is 2.68. The second kappa shape index (κ2) is 6.13. The zero-order chi connectivity index (χ0) is 7.98. The molecule has 0 heterocycles. The van der Waals surface area contributed by atoms with E-state index in [-0.39, 0.29) is 0 Å². The second-order valence-electron chi connectivity index (χ2n) is 2.86. The molecule has 0 amide bonds. The lowest BCUT2D eigenvalue weighted by molar-refractivity contribution is 0.483. The van der Waals surface area contributed by atoms with Crippen molar-refractivity contribution in [2.45, 2.75) is 32.6 Å². The van der Waals surface area contributed by atoms with Gasteiger partial charge >= 0.3 is 0 Å². The van der Waals surface area contributed by atoms with Gasteiger partial charge in [-0.05, 0) is 13.1 Å². The predicted molar refractivity (Wildman–Crippen MR) is 55.1 cm³/mol. The number of rotatable bonds is 5.